The molecule has 3 N–H and O–H groups in total. The van der Waals surface area contributed by atoms with Gasteiger partial charge in [-0.1, -0.05) is 36.4 Å². The van der Waals surface area contributed by atoms with Crippen LogP contribution in [0.5, 0.6) is 0 Å². The maximum atomic E-state index is 13.5. The van der Waals surface area contributed by atoms with Gasteiger partial charge in [0.05, 0.1) is 16.5 Å². The number of benzene rings is 1. The summed E-state index contributed by atoms with van der Waals surface area (Å²) >= 11 is 2.88. The molecule has 0 amide bonds. The zero-order chi connectivity index (χ0) is 24.4. The number of aliphatic hydroxyl groups excluding tert-OH is 1. The fourth-order valence-corrected chi connectivity index (χ4v) is 7.04. The van der Waals surface area contributed by atoms with Crippen molar-refractivity contribution in [2.24, 2.45) is 0 Å². The van der Waals surface area contributed by atoms with E-state index in [1.165, 1.54) is 27.5 Å². The van der Waals surface area contributed by atoms with E-state index in [4.69, 9.17) is 18.8 Å². The molecule has 3 unspecified atom stereocenters. The molecule has 0 saturated carbocycles. The largest absolute Gasteiger partial charge is 0.386 e. The molecule has 2 aliphatic rings. The summed E-state index contributed by atoms with van der Waals surface area (Å²) in [6, 6.07) is 13.5. The average molecular weight is 544 g/mol. The third-order valence-electron chi connectivity index (χ3n) is 6.12. The van der Waals surface area contributed by atoms with Gasteiger partial charge in [0, 0.05) is 6.20 Å². The van der Waals surface area contributed by atoms with E-state index in [0.29, 0.717) is 10.9 Å². The van der Waals surface area contributed by atoms with Gasteiger partial charge in [-0.05, 0) is 28.8 Å². The molecule has 2 aliphatic heterocycles. The Hall–Kier alpha value is -2.61. The molecule has 14 heteroatoms. The summed E-state index contributed by atoms with van der Waals surface area (Å²) in [5.74, 6) is 0.337. The Morgan fingerprint density at radius 1 is 1.19 bits per heavy atom. The minimum absolute atomic E-state index is 0.0812. The normalized spacial score (nSPS) is 26.1. The third-order valence-corrected chi connectivity index (χ3v) is 8.92. The number of imidazole rings is 2. The number of nitrogens with zero attached hydrogens (tertiary/aromatic N) is 4. The molecule has 1 aromatic carbocycles. The summed E-state index contributed by atoms with van der Waals surface area (Å²) in [7, 11) is -2.09. The molecule has 0 radical (unpaired) electrons. The minimum atomic E-state index is -2.09. The van der Waals surface area contributed by atoms with Gasteiger partial charge in [0.2, 0.25) is 5.78 Å². The zero-order valence-corrected chi connectivity index (χ0v) is 20.8. The molecule has 4 aromatic heterocycles. The second-order valence-electron chi connectivity index (χ2n) is 8.27. The van der Waals surface area contributed by atoms with Crippen molar-refractivity contribution in [2.45, 2.75) is 33.9 Å². The SMILES string of the molecule is O=c1c2nc(Sc3cccs3)n([C@@H]3OC4COP(O)O[C@H]4C3O)c2nc2[nH]c(-c3ccccc3)cn12. The van der Waals surface area contributed by atoms with Crippen molar-refractivity contribution in [3.63, 3.8) is 0 Å². The van der Waals surface area contributed by atoms with E-state index >= 15 is 0 Å². The number of nitrogens with one attached hydrogen (secondary N) is 1. The highest BCUT2D eigenvalue weighted by Crippen LogP contribution is 2.47. The van der Waals surface area contributed by atoms with Crippen LogP contribution in [0.4, 0.5) is 0 Å². The molecule has 0 aliphatic carbocycles. The molecule has 2 saturated heterocycles. The monoisotopic (exact) mass is 543 g/mol. The molecule has 7 rings (SSSR count). The van der Waals surface area contributed by atoms with Crippen molar-refractivity contribution >= 4 is 48.6 Å². The van der Waals surface area contributed by atoms with Gasteiger partial charge in [0.1, 0.15) is 18.3 Å². The van der Waals surface area contributed by atoms with Crippen LogP contribution >= 0.6 is 31.7 Å². The lowest BCUT2D eigenvalue weighted by Gasteiger charge is -2.27. The first kappa shape index (κ1) is 22.6. The van der Waals surface area contributed by atoms with Crippen LogP contribution in [0.25, 0.3) is 28.2 Å². The van der Waals surface area contributed by atoms with Gasteiger partial charge in [-0.15, -0.1) is 11.3 Å². The number of aromatic nitrogens is 5. The highest BCUT2D eigenvalue weighted by molar-refractivity contribution is 8.01. The lowest BCUT2D eigenvalue weighted by molar-refractivity contribution is -0.0614. The number of aromatic amines is 1. The lowest BCUT2D eigenvalue weighted by Crippen LogP contribution is -2.38. The topological polar surface area (TPSA) is 136 Å². The standard InChI is InChI=1S/C22H18N5O6PS2/c28-16-17-13(10-31-34(30)33-17)32-20(16)27-18-15(24-22(27)36-14-7-4-8-35-14)19(29)26-9-12(23-21(26)25-18)11-5-2-1-3-6-11/h1-9,13,16-17,20,28,30H,10H2,(H,23,25)/t13?,16?,17-,20-,34?/m1/s1. The van der Waals surface area contributed by atoms with Gasteiger partial charge in [-0.3, -0.25) is 9.36 Å². The summed E-state index contributed by atoms with van der Waals surface area (Å²) in [6.45, 7) is 0.0812. The number of thiophene rings is 1. The Kier molecular flexibility index (Phi) is 5.49. The molecule has 5 aromatic rings. The molecule has 184 valence electrons. The Labute approximate surface area is 212 Å². The van der Waals surface area contributed by atoms with Gasteiger partial charge < -0.3 is 28.8 Å². The molecule has 36 heavy (non-hydrogen) atoms. The van der Waals surface area contributed by atoms with E-state index < -0.39 is 33.1 Å². The predicted molar refractivity (Wildman–Crippen MR) is 133 cm³/mol. The Morgan fingerprint density at radius 3 is 2.86 bits per heavy atom. The molecular formula is C22H18N5O6PS2. The number of aliphatic hydroxyl groups is 1. The summed E-state index contributed by atoms with van der Waals surface area (Å²) in [5, 5.41) is 13.5. The quantitative estimate of drug-likeness (QED) is 0.292. The van der Waals surface area contributed by atoms with Crippen molar-refractivity contribution in [3.8, 4) is 11.3 Å². The van der Waals surface area contributed by atoms with Crippen LogP contribution in [0.2, 0.25) is 0 Å². The van der Waals surface area contributed by atoms with Crippen molar-refractivity contribution in [2.75, 3.05) is 6.61 Å². The summed E-state index contributed by atoms with van der Waals surface area (Å²) < 4.78 is 20.8. The van der Waals surface area contributed by atoms with Crippen molar-refractivity contribution < 1.29 is 23.8 Å². The molecule has 0 bridgehead atoms. The lowest BCUT2D eigenvalue weighted by atomic mass is 10.1. The van der Waals surface area contributed by atoms with Crippen molar-refractivity contribution in [1.82, 2.24) is 23.9 Å². The number of fused-ring (bicyclic) bond motifs is 3. The van der Waals surface area contributed by atoms with Crippen molar-refractivity contribution in [1.29, 1.82) is 0 Å². The van der Waals surface area contributed by atoms with Crippen LogP contribution in [0.3, 0.4) is 0 Å². The van der Waals surface area contributed by atoms with E-state index in [2.05, 4.69) is 9.97 Å². The second-order valence-corrected chi connectivity index (χ2v) is 11.4. The zero-order valence-electron chi connectivity index (χ0n) is 18.3. The Morgan fingerprint density at radius 2 is 2.06 bits per heavy atom. The maximum absolute atomic E-state index is 13.5. The van der Waals surface area contributed by atoms with Crippen LogP contribution < -0.4 is 5.56 Å². The van der Waals surface area contributed by atoms with Crippen LogP contribution in [0.1, 0.15) is 6.23 Å². The second kappa shape index (κ2) is 8.75. The smallest absolute Gasteiger partial charge is 0.330 e. The number of H-pyrrole nitrogens is 1. The Bertz CT molecular complexity index is 1620. The van der Waals surface area contributed by atoms with Gasteiger partial charge >= 0.3 is 8.60 Å². The first-order valence-corrected chi connectivity index (χ1v) is 13.8. The summed E-state index contributed by atoms with van der Waals surface area (Å²) in [5.41, 5.74) is 1.72. The van der Waals surface area contributed by atoms with E-state index in [-0.39, 0.29) is 23.3 Å². The van der Waals surface area contributed by atoms with Crippen LogP contribution in [0.15, 0.2) is 68.2 Å². The first-order valence-electron chi connectivity index (χ1n) is 11.0. The van der Waals surface area contributed by atoms with Gasteiger partial charge in [0.25, 0.3) is 5.56 Å². The number of hydrogen-bond donors (Lipinski definition) is 3. The summed E-state index contributed by atoms with van der Waals surface area (Å²) in [6.07, 6.45) is -1.76. The molecule has 0 spiro atoms. The number of rotatable bonds is 4. The summed E-state index contributed by atoms with van der Waals surface area (Å²) in [4.78, 5) is 35.9. The van der Waals surface area contributed by atoms with E-state index in [1.54, 1.807) is 10.8 Å². The van der Waals surface area contributed by atoms with E-state index in [0.717, 1.165) is 15.5 Å². The van der Waals surface area contributed by atoms with Crippen LogP contribution in [-0.2, 0) is 13.8 Å². The Balaban J connectivity index is 1.40. The molecule has 5 atom stereocenters. The van der Waals surface area contributed by atoms with Crippen molar-refractivity contribution in [3.05, 3.63) is 64.4 Å². The fourth-order valence-electron chi connectivity index (χ4n) is 4.45. The van der Waals surface area contributed by atoms with Gasteiger partial charge in [0.15, 0.2) is 22.5 Å². The van der Waals surface area contributed by atoms with Crippen LogP contribution in [0, 0.1) is 0 Å². The highest BCUT2D eigenvalue weighted by atomic mass is 32.2. The molecule has 6 heterocycles. The van der Waals surface area contributed by atoms with Gasteiger partial charge in [-0.25, -0.2) is 9.38 Å². The first-order chi connectivity index (χ1) is 17.6. The van der Waals surface area contributed by atoms with E-state index in [1.807, 2.05) is 47.8 Å². The number of ether oxygens (including phenoxy) is 1. The maximum Gasteiger partial charge on any atom is 0.330 e. The molecule has 2 fully saturated rings. The average Bonchev–Trinajstić information content (AvgIpc) is 3.67. The fraction of sp³-hybridized carbons (Fsp3) is 0.227. The third kappa shape index (κ3) is 3.63. The van der Waals surface area contributed by atoms with Crippen LogP contribution in [-0.4, -0.2) is 58.8 Å². The predicted octanol–water partition coefficient (Wildman–Crippen LogP) is 3.14. The van der Waals surface area contributed by atoms with Gasteiger partial charge in [-0.2, -0.15) is 4.98 Å². The van der Waals surface area contributed by atoms with E-state index in [9.17, 15) is 14.8 Å². The number of hydrogen-bond acceptors (Lipinski definition) is 10. The minimum Gasteiger partial charge on any atom is -0.386 e. The highest BCUT2D eigenvalue weighted by Gasteiger charge is 2.50. The molecular weight excluding hydrogens is 525 g/mol. The molecule has 11 nitrogen and oxygen atoms in total.